The number of methoxy groups -OCH3 is 1. The number of esters is 1. The highest BCUT2D eigenvalue weighted by Crippen LogP contribution is 2.48. The minimum atomic E-state index is -0.532. The summed E-state index contributed by atoms with van der Waals surface area (Å²) in [5.74, 6) is -0.698. The average Bonchev–Trinajstić information content (AvgIpc) is 2.71. The molecule has 0 aromatic rings. The van der Waals surface area contributed by atoms with Gasteiger partial charge >= 0.3 is 5.97 Å². The van der Waals surface area contributed by atoms with Gasteiger partial charge in [0.25, 0.3) is 0 Å². The Labute approximate surface area is 142 Å². The van der Waals surface area contributed by atoms with Crippen molar-refractivity contribution in [2.24, 2.45) is 0 Å². The van der Waals surface area contributed by atoms with Gasteiger partial charge in [-0.1, -0.05) is 12.8 Å². The quantitative estimate of drug-likeness (QED) is 0.750. The summed E-state index contributed by atoms with van der Waals surface area (Å²) in [6, 6.07) is 0.383. The zero-order chi connectivity index (χ0) is 16.9. The molecular formula is C19H25FN2O2. The Balaban J connectivity index is 1.83. The van der Waals surface area contributed by atoms with Gasteiger partial charge < -0.3 is 10.1 Å². The van der Waals surface area contributed by atoms with E-state index in [1.807, 2.05) is 6.92 Å². The first-order valence-electron chi connectivity index (χ1n) is 8.98. The van der Waals surface area contributed by atoms with Crippen molar-refractivity contribution in [2.45, 2.75) is 57.0 Å². The Morgan fingerprint density at radius 3 is 3.00 bits per heavy atom. The molecule has 0 spiro atoms. The Hall–Kier alpha value is -1.62. The van der Waals surface area contributed by atoms with Crippen LogP contribution in [-0.2, 0) is 9.53 Å². The Morgan fingerprint density at radius 1 is 1.38 bits per heavy atom. The van der Waals surface area contributed by atoms with Crippen molar-refractivity contribution >= 4 is 5.97 Å². The van der Waals surface area contributed by atoms with Crippen molar-refractivity contribution in [3.05, 3.63) is 34.3 Å². The number of hydrogen-bond acceptors (Lipinski definition) is 4. The Morgan fingerprint density at radius 2 is 2.21 bits per heavy atom. The molecule has 0 radical (unpaired) electrons. The first kappa shape index (κ1) is 15.9. The van der Waals surface area contributed by atoms with E-state index >= 15 is 0 Å². The Kier molecular flexibility index (Phi) is 3.79. The van der Waals surface area contributed by atoms with Crippen LogP contribution in [0, 0.1) is 0 Å². The number of carbonyl (C=O) groups is 1. The molecule has 1 fully saturated rings. The van der Waals surface area contributed by atoms with Crippen molar-refractivity contribution in [3.63, 3.8) is 0 Å². The fourth-order valence-corrected chi connectivity index (χ4v) is 4.95. The fraction of sp³-hybridized carbons (Fsp3) is 0.632. The van der Waals surface area contributed by atoms with E-state index in [1.54, 1.807) is 0 Å². The summed E-state index contributed by atoms with van der Waals surface area (Å²) in [6.07, 6.45) is 7.48. The first-order valence-corrected chi connectivity index (χ1v) is 8.98. The van der Waals surface area contributed by atoms with Gasteiger partial charge in [-0.25, -0.2) is 9.18 Å². The van der Waals surface area contributed by atoms with Crippen molar-refractivity contribution < 1.29 is 13.9 Å². The molecule has 24 heavy (non-hydrogen) atoms. The number of nitrogens with one attached hydrogen (secondary N) is 1. The summed E-state index contributed by atoms with van der Waals surface area (Å²) >= 11 is 0. The second kappa shape index (κ2) is 5.73. The van der Waals surface area contributed by atoms with E-state index in [0.29, 0.717) is 18.0 Å². The summed E-state index contributed by atoms with van der Waals surface area (Å²) in [4.78, 5) is 14.8. The van der Waals surface area contributed by atoms with E-state index in [9.17, 15) is 9.18 Å². The lowest BCUT2D eigenvalue weighted by atomic mass is 9.78. The molecule has 2 atom stereocenters. The number of nitrogens with zero attached hydrogens (tertiary/aromatic N) is 1. The molecule has 1 unspecified atom stereocenters. The van der Waals surface area contributed by atoms with Gasteiger partial charge in [-0.15, -0.1) is 0 Å². The number of hydrogen-bond donors (Lipinski definition) is 1. The highest BCUT2D eigenvalue weighted by Gasteiger charge is 2.48. The number of ether oxygens (including phenoxy) is 1. The standard InChI is InChI=1S/C19H25FN2O2/c1-19-11-12(20)10-14(18(23)24-2)16(19)13-7-9-22-8-5-3-4-6-15(22)17(13)21-19/h10,15,21H,3-9,11H2,1-2H3/t15-,19?/m0/s1. The summed E-state index contributed by atoms with van der Waals surface area (Å²) in [5, 5.41) is 3.63. The van der Waals surface area contributed by atoms with Gasteiger partial charge in [-0.3, -0.25) is 4.90 Å². The number of halogens is 1. The molecule has 0 saturated carbocycles. The molecule has 1 N–H and O–H groups in total. The fourth-order valence-electron chi connectivity index (χ4n) is 4.95. The summed E-state index contributed by atoms with van der Waals surface area (Å²) in [6.45, 7) is 4.16. The van der Waals surface area contributed by atoms with Crippen LogP contribution in [0.5, 0.6) is 0 Å². The van der Waals surface area contributed by atoms with Crippen LogP contribution in [0.1, 0.15) is 45.4 Å². The van der Waals surface area contributed by atoms with Crippen molar-refractivity contribution in [3.8, 4) is 0 Å². The molecule has 1 aliphatic carbocycles. The van der Waals surface area contributed by atoms with Crippen molar-refractivity contribution in [1.82, 2.24) is 10.2 Å². The van der Waals surface area contributed by atoms with Gasteiger partial charge in [0.05, 0.1) is 18.2 Å². The smallest absolute Gasteiger partial charge is 0.338 e. The molecule has 0 aromatic heterocycles. The van der Waals surface area contributed by atoms with Gasteiger partial charge in [-0.2, -0.15) is 0 Å². The second-order valence-corrected chi connectivity index (χ2v) is 7.55. The van der Waals surface area contributed by atoms with Crippen LogP contribution in [0.25, 0.3) is 0 Å². The molecule has 0 amide bonds. The average molecular weight is 332 g/mol. The maximum Gasteiger partial charge on any atom is 0.338 e. The molecular weight excluding hydrogens is 307 g/mol. The minimum Gasteiger partial charge on any atom is -0.465 e. The molecule has 130 valence electrons. The third-order valence-electron chi connectivity index (χ3n) is 5.93. The van der Waals surface area contributed by atoms with Gasteiger partial charge in [0, 0.05) is 24.7 Å². The van der Waals surface area contributed by atoms with Gasteiger partial charge in [0.2, 0.25) is 0 Å². The van der Waals surface area contributed by atoms with Crippen molar-refractivity contribution in [1.29, 1.82) is 0 Å². The van der Waals surface area contributed by atoms with Crippen molar-refractivity contribution in [2.75, 3.05) is 20.2 Å². The van der Waals surface area contributed by atoms with E-state index in [1.165, 1.54) is 43.7 Å². The largest absolute Gasteiger partial charge is 0.465 e. The third kappa shape index (κ3) is 2.32. The van der Waals surface area contributed by atoms with Crippen LogP contribution in [0.15, 0.2) is 34.3 Å². The van der Waals surface area contributed by atoms with Gasteiger partial charge in [0.1, 0.15) is 5.83 Å². The number of fused-ring (bicyclic) bond motifs is 4. The highest BCUT2D eigenvalue weighted by molar-refractivity contribution is 5.95. The first-order chi connectivity index (χ1) is 11.5. The Bertz CT molecular complexity index is 679. The molecule has 0 aromatic carbocycles. The molecule has 3 aliphatic heterocycles. The predicted octanol–water partition coefficient (Wildman–Crippen LogP) is 2.98. The summed E-state index contributed by atoms with van der Waals surface area (Å²) < 4.78 is 19.2. The van der Waals surface area contributed by atoms with Crippen LogP contribution in [0.2, 0.25) is 0 Å². The molecule has 0 bridgehead atoms. The third-order valence-corrected chi connectivity index (χ3v) is 5.93. The summed E-state index contributed by atoms with van der Waals surface area (Å²) in [7, 11) is 1.36. The van der Waals surface area contributed by atoms with E-state index in [4.69, 9.17) is 4.74 Å². The maximum absolute atomic E-state index is 14.2. The van der Waals surface area contributed by atoms with E-state index < -0.39 is 11.5 Å². The van der Waals surface area contributed by atoms with Crippen LogP contribution >= 0.6 is 0 Å². The zero-order valence-corrected chi connectivity index (χ0v) is 14.5. The molecule has 3 heterocycles. The monoisotopic (exact) mass is 332 g/mol. The molecule has 1 saturated heterocycles. The normalized spacial score (nSPS) is 33.1. The van der Waals surface area contributed by atoms with Gasteiger partial charge in [-0.05, 0) is 50.0 Å². The lowest BCUT2D eigenvalue weighted by molar-refractivity contribution is -0.135. The van der Waals surface area contributed by atoms with Crippen LogP contribution < -0.4 is 5.32 Å². The number of rotatable bonds is 1. The van der Waals surface area contributed by atoms with E-state index in [-0.39, 0.29) is 5.83 Å². The summed E-state index contributed by atoms with van der Waals surface area (Å²) in [5.41, 5.74) is 3.28. The van der Waals surface area contributed by atoms with Crippen LogP contribution in [0.3, 0.4) is 0 Å². The maximum atomic E-state index is 14.2. The van der Waals surface area contributed by atoms with Gasteiger partial charge in [0.15, 0.2) is 0 Å². The zero-order valence-electron chi connectivity index (χ0n) is 14.5. The van der Waals surface area contributed by atoms with Crippen LogP contribution in [-0.4, -0.2) is 42.6 Å². The molecule has 4 rings (SSSR count). The SMILES string of the molecule is COC(=O)C1=C2C3=C(NC2(C)CC(F)=C1)[C@@H]1CCCCCN1CC3. The van der Waals surface area contributed by atoms with E-state index in [0.717, 1.165) is 31.5 Å². The van der Waals surface area contributed by atoms with Crippen LogP contribution in [0.4, 0.5) is 4.39 Å². The minimum absolute atomic E-state index is 0.258. The predicted molar refractivity (Wildman–Crippen MR) is 89.9 cm³/mol. The molecule has 5 heteroatoms. The lowest BCUT2D eigenvalue weighted by Crippen LogP contribution is -2.46. The second-order valence-electron chi connectivity index (χ2n) is 7.55. The topological polar surface area (TPSA) is 41.6 Å². The number of carbonyl (C=O) groups excluding carboxylic acids is 1. The highest BCUT2D eigenvalue weighted by atomic mass is 19.1. The molecule has 4 aliphatic rings. The van der Waals surface area contributed by atoms with E-state index in [2.05, 4.69) is 10.2 Å². The lowest BCUT2D eigenvalue weighted by Gasteiger charge is -2.36. The molecule has 4 nitrogen and oxygen atoms in total.